The second-order valence-electron chi connectivity index (χ2n) is 7.05. The largest absolute Gasteiger partial charge is 0.484 e. The average Bonchev–Trinajstić information content (AvgIpc) is 3.35. The number of halogens is 1. The number of ether oxygens (including phenoxy) is 3. The van der Waals surface area contributed by atoms with Gasteiger partial charge in [0.15, 0.2) is 11.9 Å². The van der Waals surface area contributed by atoms with E-state index in [0.717, 1.165) is 21.7 Å². The first-order valence-corrected chi connectivity index (χ1v) is 10.2. The third-order valence-electron chi connectivity index (χ3n) is 5.27. The number of hydrogen-bond donors (Lipinski definition) is 2. The summed E-state index contributed by atoms with van der Waals surface area (Å²) < 4.78 is 18.5. The van der Waals surface area contributed by atoms with E-state index in [9.17, 15) is 5.11 Å². The van der Waals surface area contributed by atoms with Gasteiger partial charge in [0.25, 0.3) is 0 Å². The molecule has 0 aliphatic carbocycles. The Balaban J connectivity index is 1.34. The van der Waals surface area contributed by atoms with Crippen molar-refractivity contribution in [3.05, 3.63) is 41.0 Å². The summed E-state index contributed by atoms with van der Waals surface area (Å²) in [6.07, 6.45) is 0.217. The number of aliphatic hydroxyl groups is 1. The maximum Gasteiger partial charge on any atom is 0.151 e. The van der Waals surface area contributed by atoms with Crippen molar-refractivity contribution in [1.29, 1.82) is 0 Å². The summed E-state index contributed by atoms with van der Waals surface area (Å²) in [5, 5.41) is 15.8. The van der Waals surface area contributed by atoms with Crippen molar-refractivity contribution in [1.82, 2.24) is 9.97 Å². The van der Waals surface area contributed by atoms with Crippen LogP contribution in [0.4, 0.5) is 11.5 Å². The molecule has 3 aromatic rings. The van der Waals surface area contributed by atoms with Gasteiger partial charge in [0, 0.05) is 5.69 Å². The van der Waals surface area contributed by atoms with E-state index in [1.807, 2.05) is 24.4 Å². The van der Waals surface area contributed by atoms with Gasteiger partial charge in [-0.1, -0.05) is 11.6 Å². The van der Waals surface area contributed by atoms with Gasteiger partial charge in [-0.05, 0) is 36.6 Å². The Morgan fingerprint density at radius 2 is 2.21 bits per heavy atom. The minimum atomic E-state index is -0.738. The first-order chi connectivity index (χ1) is 13.5. The number of hydrogen-bond acceptors (Lipinski definition) is 8. The van der Waals surface area contributed by atoms with Gasteiger partial charge in [-0.15, -0.1) is 11.3 Å². The second kappa shape index (κ2) is 6.82. The van der Waals surface area contributed by atoms with Crippen LogP contribution in [0.3, 0.4) is 0 Å². The normalized spacial score (nSPS) is 29.2. The highest BCUT2D eigenvalue weighted by molar-refractivity contribution is 7.17. The van der Waals surface area contributed by atoms with Crippen LogP contribution in [0, 0.1) is 0 Å². The highest BCUT2D eigenvalue weighted by Crippen LogP contribution is 2.40. The highest BCUT2D eigenvalue weighted by Gasteiger charge is 2.57. The maximum atomic E-state index is 10.1. The van der Waals surface area contributed by atoms with E-state index in [0.29, 0.717) is 17.4 Å². The number of thiophene rings is 1. The van der Waals surface area contributed by atoms with Gasteiger partial charge in [-0.2, -0.15) is 0 Å². The quantitative estimate of drug-likeness (QED) is 0.670. The molecule has 0 spiro atoms. The Bertz CT molecular complexity index is 1030. The Morgan fingerprint density at radius 1 is 1.32 bits per heavy atom. The van der Waals surface area contributed by atoms with E-state index in [4.69, 9.17) is 25.8 Å². The number of anilines is 2. The maximum absolute atomic E-state index is 10.1. The molecule has 5 rings (SSSR count). The van der Waals surface area contributed by atoms with E-state index in [1.165, 1.54) is 6.33 Å². The average molecular weight is 420 g/mol. The molecule has 0 saturated carbocycles. The topological polar surface area (TPSA) is 85.7 Å². The number of benzene rings is 1. The lowest BCUT2D eigenvalue weighted by Crippen LogP contribution is -2.45. The van der Waals surface area contributed by atoms with Crippen molar-refractivity contribution < 1.29 is 19.3 Å². The molecule has 1 aromatic carbocycles. The fourth-order valence-corrected chi connectivity index (χ4v) is 4.68. The van der Waals surface area contributed by atoms with Gasteiger partial charge in [0.2, 0.25) is 0 Å². The van der Waals surface area contributed by atoms with Crippen LogP contribution < -0.4 is 10.1 Å². The Labute approximate surface area is 170 Å². The third kappa shape index (κ3) is 2.92. The van der Waals surface area contributed by atoms with Crippen molar-refractivity contribution in [2.24, 2.45) is 0 Å². The van der Waals surface area contributed by atoms with Crippen LogP contribution in [0.2, 0.25) is 5.02 Å². The number of nitrogens with zero attached hydrogens (tertiary/aromatic N) is 2. The molecule has 0 bridgehead atoms. The summed E-state index contributed by atoms with van der Waals surface area (Å²) >= 11 is 8.03. The van der Waals surface area contributed by atoms with E-state index >= 15 is 0 Å². The second-order valence-corrected chi connectivity index (χ2v) is 8.37. The molecular formula is C19H18ClN3O4S. The molecule has 2 aromatic heterocycles. The lowest BCUT2D eigenvalue weighted by atomic mass is 9.95. The molecule has 0 amide bonds. The molecule has 2 fully saturated rings. The van der Waals surface area contributed by atoms with Crippen LogP contribution >= 0.6 is 22.9 Å². The monoisotopic (exact) mass is 419 g/mol. The van der Waals surface area contributed by atoms with E-state index in [2.05, 4.69) is 15.3 Å². The lowest BCUT2D eigenvalue weighted by molar-refractivity contribution is -0.0621. The summed E-state index contributed by atoms with van der Waals surface area (Å²) in [6, 6.07) is 7.43. The zero-order valence-corrected chi connectivity index (χ0v) is 16.5. The Kier molecular flexibility index (Phi) is 4.41. The van der Waals surface area contributed by atoms with Crippen molar-refractivity contribution in [2.45, 2.75) is 30.8 Å². The summed E-state index contributed by atoms with van der Waals surface area (Å²) in [5.41, 5.74) is 0.958. The predicted molar refractivity (Wildman–Crippen MR) is 107 cm³/mol. The molecule has 146 valence electrons. The fourth-order valence-electron chi connectivity index (χ4n) is 3.67. The van der Waals surface area contributed by atoms with Gasteiger partial charge in [-0.25, -0.2) is 9.97 Å². The summed E-state index contributed by atoms with van der Waals surface area (Å²) in [4.78, 5) is 8.56. The SMILES string of the molecule is C[C@]12OC[C@H](Oc3ccc(Nc4ncnc5ccsc45)cc3Cl)[C@H]1OC[C@@H]2O. The summed E-state index contributed by atoms with van der Waals surface area (Å²) in [7, 11) is 0. The molecule has 9 heteroatoms. The molecule has 0 unspecified atom stereocenters. The lowest BCUT2D eigenvalue weighted by Gasteiger charge is -2.25. The third-order valence-corrected chi connectivity index (χ3v) is 6.48. The van der Waals surface area contributed by atoms with Gasteiger partial charge in [0.1, 0.15) is 29.9 Å². The van der Waals surface area contributed by atoms with Crippen molar-refractivity contribution >= 4 is 44.7 Å². The molecule has 2 aliphatic heterocycles. The standard InChI is InChI=1S/C19H18ClN3O4S/c1-19-15(24)8-25-17(19)14(7-26-19)27-13-3-2-10(6-11(13)20)23-18-16-12(4-5-28-16)21-9-22-18/h2-6,9,14-15,17,24H,7-8H2,1H3,(H,21,22,23)/t14-,15-,17+,19+/m0/s1. The smallest absolute Gasteiger partial charge is 0.151 e. The van der Waals surface area contributed by atoms with Crippen LogP contribution in [-0.4, -0.2) is 52.2 Å². The molecule has 2 saturated heterocycles. The Morgan fingerprint density at radius 3 is 3.07 bits per heavy atom. The van der Waals surface area contributed by atoms with Gasteiger partial charge in [0.05, 0.1) is 28.5 Å². The number of fused-ring (bicyclic) bond motifs is 2. The molecule has 0 radical (unpaired) electrons. The molecule has 28 heavy (non-hydrogen) atoms. The number of rotatable bonds is 4. The Hall–Kier alpha value is -1.97. The van der Waals surface area contributed by atoms with E-state index in [1.54, 1.807) is 23.5 Å². The van der Waals surface area contributed by atoms with Gasteiger partial charge < -0.3 is 24.6 Å². The number of nitrogens with one attached hydrogen (secondary N) is 1. The van der Waals surface area contributed by atoms with Crippen molar-refractivity contribution in [2.75, 3.05) is 18.5 Å². The van der Waals surface area contributed by atoms with Gasteiger partial charge in [-0.3, -0.25) is 0 Å². The van der Waals surface area contributed by atoms with E-state index < -0.39 is 11.7 Å². The first-order valence-electron chi connectivity index (χ1n) is 8.89. The number of aliphatic hydroxyl groups excluding tert-OH is 1. The number of aromatic nitrogens is 2. The predicted octanol–water partition coefficient (Wildman–Crippen LogP) is 3.38. The highest BCUT2D eigenvalue weighted by atomic mass is 35.5. The minimum absolute atomic E-state index is 0.244. The molecule has 7 nitrogen and oxygen atoms in total. The molecule has 4 atom stereocenters. The van der Waals surface area contributed by atoms with Crippen LogP contribution in [-0.2, 0) is 9.47 Å². The van der Waals surface area contributed by atoms with Crippen molar-refractivity contribution in [3.8, 4) is 5.75 Å². The summed E-state index contributed by atoms with van der Waals surface area (Å²) in [5.74, 6) is 1.28. The minimum Gasteiger partial charge on any atom is -0.484 e. The molecule has 2 aliphatic rings. The van der Waals surface area contributed by atoms with Crippen LogP contribution in [0.1, 0.15) is 6.92 Å². The van der Waals surface area contributed by atoms with Gasteiger partial charge >= 0.3 is 0 Å². The fraction of sp³-hybridized carbons (Fsp3) is 0.368. The zero-order valence-electron chi connectivity index (χ0n) is 15.0. The summed E-state index contributed by atoms with van der Waals surface area (Å²) in [6.45, 7) is 2.43. The first kappa shape index (κ1) is 18.1. The van der Waals surface area contributed by atoms with Crippen LogP contribution in [0.15, 0.2) is 36.0 Å². The van der Waals surface area contributed by atoms with E-state index in [-0.39, 0.29) is 18.8 Å². The molecule has 2 N–H and O–H groups in total. The van der Waals surface area contributed by atoms with Crippen LogP contribution in [0.5, 0.6) is 5.75 Å². The zero-order chi connectivity index (χ0) is 19.3. The molecule has 4 heterocycles. The van der Waals surface area contributed by atoms with Crippen molar-refractivity contribution in [3.63, 3.8) is 0 Å². The van der Waals surface area contributed by atoms with Crippen LogP contribution in [0.25, 0.3) is 10.2 Å². The molecular weight excluding hydrogens is 402 g/mol.